The maximum absolute atomic E-state index is 12.6. The van der Waals surface area contributed by atoms with Gasteiger partial charge in [0.1, 0.15) is 0 Å². The number of rotatable bonds is 5. The van der Waals surface area contributed by atoms with Crippen LogP contribution in [0.25, 0.3) is 0 Å². The van der Waals surface area contributed by atoms with Crippen LogP contribution in [0.4, 0.5) is 0 Å². The second-order valence-electron chi connectivity index (χ2n) is 5.93. The van der Waals surface area contributed by atoms with Crippen LogP contribution in [0, 0.1) is 0 Å². The molecule has 1 aromatic rings. The average molecular weight is 394 g/mol. The monoisotopic (exact) mass is 393 g/mol. The fourth-order valence-corrected chi connectivity index (χ4v) is 6.15. The normalized spacial score (nSPS) is 23.0. The molecular formula is C15H17Cl2NO3S2. The van der Waals surface area contributed by atoms with Crippen LogP contribution in [0.5, 0.6) is 0 Å². The van der Waals surface area contributed by atoms with E-state index >= 15 is 0 Å². The van der Waals surface area contributed by atoms with Gasteiger partial charge in [-0.15, -0.1) is 11.8 Å². The zero-order valence-electron chi connectivity index (χ0n) is 12.4. The molecule has 1 saturated carbocycles. The number of hydrogen-bond donors (Lipinski definition) is 0. The Morgan fingerprint density at radius 1 is 1.17 bits per heavy atom. The van der Waals surface area contributed by atoms with Crippen LogP contribution >= 0.6 is 35.0 Å². The van der Waals surface area contributed by atoms with Gasteiger partial charge in [-0.25, -0.2) is 8.42 Å². The Morgan fingerprint density at radius 2 is 1.83 bits per heavy atom. The van der Waals surface area contributed by atoms with Crippen LogP contribution in [0.3, 0.4) is 0 Å². The maximum Gasteiger partial charge on any atom is 0.233 e. The highest BCUT2D eigenvalue weighted by Crippen LogP contribution is 2.36. The summed E-state index contributed by atoms with van der Waals surface area (Å²) in [6, 6.07) is 5.26. The van der Waals surface area contributed by atoms with E-state index in [1.807, 2.05) is 0 Å². The number of hydrogen-bond acceptors (Lipinski definition) is 4. The minimum absolute atomic E-state index is 0.0319. The topological polar surface area (TPSA) is 54.5 Å². The molecule has 2 aliphatic rings. The Kier molecular flexibility index (Phi) is 5.16. The summed E-state index contributed by atoms with van der Waals surface area (Å²) >= 11 is 13.6. The van der Waals surface area contributed by atoms with E-state index in [4.69, 9.17) is 23.2 Å². The van der Waals surface area contributed by atoms with Gasteiger partial charge in [0, 0.05) is 17.0 Å². The molecule has 0 N–H and O–H groups in total. The standard InChI is InChI=1S/C15H17Cl2NO3S2/c16-12-2-1-3-13(17)15(12)22-8-14(19)18(10-4-5-10)11-6-7-23(20,21)9-11/h1-3,10-11H,4-9H2/t11-/m1/s1. The van der Waals surface area contributed by atoms with Crippen molar-refractivity contribution in [2.45, 2.75) is 36.2 Å². The van der Waals surface area contributed by atoms with E-state index in [0.717, 1.165) is 12.8 Å². The van der Waals surface area contributed by atoms with Crippen LogP contribution < -0.4 is 0 Å². The highest BCUT2D eigenvalue weighted by atomic mass is 35.5. The lowest BCUT2D eigenvalue weighted by Crippen LogP contribution is -2.43. The molecule has 3 rings (SSSR count). The van der Waals surface area contributed by atoms with Crippen molar-refractivity contribution in [2.75, 3.05) is 17.3 Å². The molecule has 1 aliphatic heterocycles. The van der Waals surface area contributed by atoms with Crippen molar-refractivity contribution in [3.8, 4) is 0 Å². The van der Waals surface area contributed by atoms with Gasteiger partial charge in [0.05, 0.1) is 27.3 Å². The van der Waals surface area contributed by atoms with E-state index in [-0.39, 0.29) is 35.2 Å². The molecule has 126 valence electrons. The predicted molar refractivity (Wildman–Crippen MR) is 94.1 cm³/mol. The van der Waals surface area contributed by atoms with Crippen LogP contribution in [0.15, 0.2) is 23.1 Å². The van der Waals surface area contributed by atoms with Gasteiger partial charge in [-0.05, 0) is 31.4 Å². The fraction of sp³-hybridized carbons (Fsp3) is 0.533. The first-order valence-corrected chi connectivity index (χ1v) is 11.0. The number of nitrogens with zero attached hydrogens (tertiary/aromatic N) is 1. The van der Waals surface area contributed by atoms with Crippen LogP contribution in [-0.4, -0.2) is 48.6 Å². The van der Waals surface area contributed by atoms with Gasteiger partial charge >= 0.3 is 0 Å². The third-order valence-corrected chi connectivity index (χ3v) is 7.81. The van der Waals surface area contributed by atoms with Gasteiger partial charge in [0.15, 0.2) is 9.84 Å². The van der Waals surface area contributed by atoms with Gasteiger partial charge in [-0.3, -0.25) is 4.79 Å². The van der Waals surface area contributed by atoms with E-state index in [1.54, 1.807) is 23.1 Å². The summed E-state index contributed by atoms with van der Waals surface area (Å²) in [5.41, 5.74) is 0. The van der Waals surface area contributed by atoms with E-state index in [2.05, 4.69) is 0 Å². The minimum atomic E-state index is -3.00. The van der Waals surface area contributed by atoms with Crippen molar-refractivity contribution in [1.29, 1.82) is 0 Å². The molecule has 1 heterocycles. The molecule has 1 aromatic carbocycles. The molecule has 0 radical (unpaired) electrons. The first-order valence-electron chi connectivity index (χ1n) is 7.46. The summed E-state index contributed by atoms with van der Waals surface area (Å²) in [6.07, 6.45) is 2.46. The van der Waals surface area contributed by atoms with Crippen LogP contribution in [0.2, 0.25) is 10.0 Å². The highest BCUT2D eigenvalue weighted by molar-refractivity contribution is 8.00. The van der Waals surface area contributed by atoms with Crippen LogP contribution in [0.1, 0.15) is 19.3 Å². The average Bonchev–Trinajstić information content (AvgIpc) is 3.23. The SMILES string of the molecule is O=C(CSc1c(Cl)cccc1Cl)N(C1CC1)[C@@H]1CCS(=O)(=O)C1. The molecule has 0 bridgehead atoms. The van der Waals surface area contributed by atoms with Crippen molar-refractivity contribution in [3.05, 3.63) is 28.2 Å². The first-order chi connectivity index (χ1) is 10.9. The predicted octanol–water partition coefficient (Wildman–Crippen LogP) is 3.26. The van der Waals surface area contributed by atoms with Gasteiger partial charge in [-0.1, -0.05) is 29.3 Å². The van der Waals surface area contributed by atoms with Crippen molar-refractivity contribution in [1.82, 2.24) is 4.90 Å². The number of benzene rings is 1. The molecule has 1 amide bonds. The molecule has 1 aliphatic carbocycles. The Balaban J connectivity index is 1.68. The second-order valence-corrected chi connectivity index (χ2v) is 9.96. The number of carbonyl (C=O) groups is 1. The number of halogens is 2. The number of sulfone groups is 1. The van der Waals surface area contributed by atoms with Crippen molar-refractivity contribution >= 4 is 50.7 Å². The van der Waals surface area contributed by atoms with Gasteiger partial charge in [0.2, 0.25) is 5.91 Å². The zero-order valence-corrected chi connectivity index (χ0v) is 15.5. The van der Waals surface area contributed by atoms with E-state index in [0.29, 0.717) is 21.4 Å². The smallest absolute Gasteiger partial charge is 0.233 e. The Morgan fingerprint density at radius 3 is 2.35 bits per heavy atom. The van der Waals surface area contributed by atoms with E-state index in [9.17, 15) is 13.2 Å². The summed E-state index contributed by atoms with van der Waals surface area (Å²) in [7, 11) is -3.00. The summed E-state index contributed by atoms with van der Waals surface area (Å²) in [5, 5.41) is 1.05. The second kappa shape index (κ2) is 6.82. The van der Waals surface area contributed by atoms with E-state index < -0.39 is 9.84 Å². The number of amides is 1. The van der Waals surface area contributed by atoms with Gasteiger partial charge < -0.3 is 4.90 Å². The van der Waals surface area contributed by atoms with Crippen LogP contribution in [-0.2, 0) is 14.6 Å². The van der Waals surface area contributed by atoms with Crippen molar-refractivity contribution in [2.24, 2.45) is 0 Å². The third-order valence-electron chi connectivity index (χ3n) is 4.09. The summed E-state index contributed by atoms with van der Waals surface area (Å²) in [6.45, 7) is 0. The minimum Gasteiger partial charge on any atom is -0.335 e. The molecule has 1 saturated heterocycles. The molecule has 0 aromatic heterocycles. The molecular weight excluding hydrogens is 377 g/mol. The van der Waals surface area contributed by atoms with Crippen molar-refractivity contribution < 1.29 is 13.2 Å². The summed E-state index contributed by atoms with van der Waals surface area (Å²) in [4.78, 5) is 15.1. The Bertz CT molecular complexity index is 699. The van der Waals surface area contributed by atoms with Gasteiger partial charge in [-0.2, -0.15) is 0 Å². The largest absolute Gasteiger partial charge is 0.335 e. The van der Waals surface area contributed by atoms with Crippen molar-refractivity contribution in [3.63, 3.8) is 0 Å². The van der Waals surface area contributed by atoms with Gasteiger partial charge in [0.25, 0.3) is 0 Å². The molecule has 1 atom stereocenters. The molecule has 8 heteroatoms. The number of carbonyl (C=O) groups excluding carboxylic acids is 1. The third kappa shape index (κ3) is 4.16. The molecule has 2 fully saturated rings. The Hall–Kier alpha value is -0.430. The summed E-state index contributed by atoms with van der Waals surface area (Å²) in [5.74, 6) is 0.455. The number of thioether (sulfide) groups is 1. The molecule has 23 heavy (non-hydrogen) atoms. The lowest BCUT2D eigenvalue weighted by Gasteiger charge is -2.28. The lowest BCUT2D eigenvalue weighted by atomic mass is 10.2. The maximum atomic E-state index is 12.6. The highest BCUT2D eigenvalue weighted by Gasteiger charge is 2.41. The lowest BCUT2D eigenvalue weighted by molar-refractivity contribution is -0.130. The quantitative estimate of drug-likeness (QED) is 0.720. The molecule has 4 nitrogen and oxygen atoms in total. The molecule has 0 unspecified atom stereocenters. The zero-order chi connectivity index (χ0) is 16.6. The fourth-order valence-electron chi connectivity index (χ4n) is 2.88. The van der Waals surface area contributed by atoms with E-state index in [1.165, 1.54) is 11.8 Å². The Labute approximate surface area is 150 Å². The first kappa shape index (κ1) is 17.4. The summed E-state index contributed by atoms with van der Waals surface area (Å²) < 4.78 is 23.4. The molecule has 0 spiro atoms.